The highest BCUT2D eigenvalue weighted by atomic mass is 16.1. The van der Waals surface area contributed by atoms with Crippen molar-refractivity contribution in [2.75, 3.05) is 36.4 Å². The Balaban J connectivity index is 1.34. The van der Waals surface area contributed by atoms with Crippen molar-refractivity contribution in [1.82, 2.24) is 14.9 Å². The summed E-state index contributed by atoms with van der Waals surface area (Å²) in [5.74, 6) is 1.66. The fraction of sp³-hybridized carbons (Fsp3) is 0.737. The molecular formula is C19H29N5O. The third-order valence-corrected chi connectivity index (χ3v) is 6.06. The molecule has 0 radical (unpaired) electrons. The average molecular weight is 343 g/mol. The number of hydrogen-bond donors (Lipinski definition) is 1. The van der Waals surface area contributed by atoms with Gasteiger partial charge in [0.25, 0.3) is 0 Å². The Kier molecular flexibility index (Phi) is 5.15. The molecule has 1 aliphatic heterocycles. The highest BCUT2D eigenvalue weighted by Crippen LogP contribution is 2.27. The van der Waals surface area contributed by atoms with Crippen molar-refractivity contribution in [2.45, 2.75) is 57.4 Å². The van der Waals surface area contributed by atoms with E-state index in [9.17, 15) is 4.79 Å². The normalized spacial score (nSPS) is 23.3. The van der Waals surface area contributed by atoms with E-state index >= 15 is 0 Å². The van der Waals surface area contributed by atoms with E-state index in [4.69, 9.17) is 0 Å². The molecule has 1 saturated heterocycles. The summed E-state index contributed by atoms with van der Waals surface area (Å²) in [6, 6.07) is 2.59. The van der Waals surface area contributed by atoms with Crippen LogP contribution >= 0.6 is 0 Å². The van der Waals surface area contributed by atoms with Crippen molar-refractivity contribution in [2.24, 2.45) is 5.92 Å². The standard InChI is InChI=1S/C19H29N5O/c25-18(15-5-1-2-6-15)21-17-9-10-20-19(22-17)24-13-11-23(12-14-24)16-7-3-4-8-16/h9-10,15-16H,1-8,11-14H2,(H,20,21,22,25). The van der Waals surface area contributed by atoms with Crippen LogP contribution < -0.4 is 10.2 Å². The molecule has 6 nitrogen and oxygen atoms in total. The fourth-order valence-electron chi connectivity index (χ4n) is 4.54. The van der Waals surface area contributed by atoms with Gasteiger partial charge in [0.1, 0.15) is 5.82 Å². The van der Waals surface area contributed by atoms with E-state index < -0.39 is 0 Å². The molecule has 0 aromatic carbocycles. The maximum Gasteiger partial charge on any atom is 0.228 e. The van der Waals surface area contributed by atoms with Gasteiger partial charge in [0.15, 0.2) is 0 Å². The Hall–Kier alpha value is -1.69. The van der Waals surface area contributed by atoms with Gasteiger partial charge in [-0.05, 0) is 31.7 Å². The first-order chi connectivity index (χ1) is 12.3. The smallest absolute Gasteiger partial charge is 0.228 e. The number of aromatic nitrogens is 2. The van der Waals surface area contributed by atoms with Gasteiger partial charge in [0.05, 0.1) is 0 Å². The van der Waals surface area contributed by atoms with Crippen molar-refractivity contribution in [1.29, 1.82) is 0 Å². The van der Waals surface area contributed by atoms with Gasteiger partial charge < -0.3 is 10.2 Å². The van der Waals surface area contributed by atoms with Gasteiger partial charge >= 0.3 is 0 Å². The van der Waals surface area contributed by atoms with E-state index in [1.807, 2.05) is 0 Å². The van der Waals surface area contributed by atoms with Gasteiger partial charge in [-0.25, -0.2) is 4.98 Å². The summed E-state index contributed by atoms with van der Waals surface area (Å²) in [4.78, 5) is 26.2. The zero-order valence-electron chi connectivity index (χ0n) is 15.0. The number of amides is 1. The van der Waals surface area contributed by atoms with Crippen LogP contribution in [0.1, 0.15) is 51.4 Å². The van der Waals surface area contributed by atoms with E-state index in [1.54, 1.807) is 12.3 Å². The van der Waals surface area contributed by atoms with Gasteiger partial charge in [-0.3, -0.25) is 9.69 Å². The Morgan fingerprint density at radius 1 is 1.00 bits per heavy atom. The lowest BCUT2D eigenvalue weighted by molar-refractivity contribution is -0.119. The van der Waals surface area contributed by atoms with Gasteiger partial charge in [-0.2, -0.15) is 4.98 Å². The lowest BCUT2D eigenvalue weighted by Gasteiger charge is -2.38. The summed E-state index contributed by atoms with van der Waals surface area (Å²) in [5.41, 5.74) is 0. The Bertz CT molecular complexity index is 587. The number of piperazine rings is 1. The van der Waals surface area contributed by atoms with Gasteiger partial charge in [-0.15, -0.1) is 0 Å². The number of carbonyl (C=O) groups is 1. The SMILES string of the molecule is O=C(Nc1ccnc(N2CCN(C3CCCC3)CC2)n1)C1CCCC1. The first kappa shape index (κ1) is 16.8. The predicted octanol–water partition coefficient (Wildman–Crippen LogP) is 2.67. The van der Waals surface area contributed by atoms with E-state index in [0.717, 1.165) is 51.0 Å². The number of carbonyl (C=O) groups excluding carboxylic acids is 1. The van der Waals surface area contributed by atoms with Crippen molar-refractivity contribution >= 4 is 17.7 Å². The van der Waals surface area contributed by atoms with Gasteiger partial charge in [-0.1, -0.05) is 25.7 Å². The van der Waals surface area contributed by atoms with Crippen LogP contribution in [0.25, 0.3) is 0 Å². The van der Waals surface area contributed by atoms with Crippen molar-refractivity contribution in [3.8, 4) is 0 Å². The molecule has 4 rings (SSSR count). The molecule has 3 fully saturated rings. The lowest BCUT2D eigenvalue weighted by atomic mass is 10.1. The molecule has 3 aliphatic rings. The Morgan fingerprint density at radius 2 is 1.68 bits per heavy atom. The minimum atomic E-state index is 0.119. The Labute approximate surface area is 150 Å². The second kappa shape index (κ2) is 7.68. The van der Waals surface area contributed by atoms with Gasteiger partial charge in [0.2, 0.25) is 11.9 Å². The van der Waals surface area contributed by atoms with E-state index in [0.29, 0.717) is 5.82 Å². The molecule has 1 amide bonds. The maximum atomic E-state index is 12.3. The largest absolute Gasteiger partial charge is 0.338 e. The molecule has 0 unspecified atom stereocenters. The summed E-state index contributed by atoms with van der Waals surface area (Å²) >= 11 is 0. The quantitative estimate of drug-likeness (QED) is 0.911. The van der Waals surface area contributed by atoms with Crippen LogP contribution in [0.3, 0.4) is 0 Å². The molecule has 0 spiro atoms. The minimum absolute atomic E-state index is 0.119. The zero-order chi connectivity index (χ0) is 17.1. The average Bonchev–Trinajstić information content (AvgIpc) is 3.36. The Morgan fingerprint density at radius 3 is 2.40 bits per heavy atom. The molecule has 2 saturated carbocycles. The molecule has 25 heavy (non-hydrogen) atoms. The number of nitrogens with one attached hydrogen (secondary N) is 1. The van der Waals surface area contributed by atoms with E-state index in [-0.39, 0.29) is 11.8 Å². The molecule has 0 atom stereocenters. The van der Waals surface area contributed by atoms with E-state index in [2.05, 4.69) is 25.1 Å². The molecule has 2 aliphatic carbocycles. The maximum absolute atomic E-state index is 12.3. The molecular weight excluding hydrogens is 314 g/mol. The highest BCUT2D eigenvalue weighted by molar-refractivity contribution is 5.91. The summed E-state index contributed by atoms with van der Waals surface area (Å²) in [6.45, 7) is 4.12. The number of nitrogens with zero attached hydrogens (tertiary/aromatic N) is 4. The lowest BCUT2D eigenvalue weighted by Crippen LogP contribution is -2.50. The van der Waals surface area contributed by atoms with Crippen LogP contribution in [-0.4, -0.2) is 53.0 Å². The topological polar surface area (TPSA) is 61.4 Å². The van der Waals surface area contributed by atoms with Crippen molar-refractivity contribution < 1.29 is 4.79 Å². The third-order valence-electron chi connectivity index (χ3n) is 6.06. The summed E-state index contributed by atoms with van der Waals surface area (Å²) < 4.78 is 0. The third kappa shape index (κ3) is 3.94. The highest BCUT2D eigenvalue weighted by Gasteiger charge is 2.27. The first-order valence-electron chi connectivity index (χ1n) is 9.92. The fourth-order valence-corrected chi connectivity index (χ4v) is 4.54. The van der Waals surface area contributed by atoms with Crippen LogP contribution in [-0.2, 0) is 4.79 Å². The van der Waals surface area contributed by atoms with Crippen molar-refractivity contribution in [3.05, 3.63) is 12.3 Å². The molecule has 6 heteroatoms. The summed E-state index contributed by atoms with van der Waals surface area (Å²) in [7, 11) is 0. The van der Waals surface area contributed by atoms with Crippen LogP contribution in [0.4, 0.5) is 11.8 Å². The summed E-state index contributed by atoms with van der Waals surface area (Å²) in [5, 5.41) is 2.99. The minimum Gasteiger partial charge on any atom is -0.338 e. The van der Waals surface area contributed by atoms with Crippen LogP contribution in [0.5, 0.6) is 0 Å². The van der Waals surface area contributed by atoms with Crippen molar-refractivity contribution in [3.63, 3.8) is 0 Å². The molecule has 1 aromatic rings. The first-order valence-corrected chi connectivity index (χ1v) is 9.92. The second-order valence-electron chi connectivity index (χ2n) is 7.67. The molecule has 1 aromatic heterocycles. The zero-order valence-corrected chi connectivity index (χ0v) is 15.0. The number of anilines is 2. The monoisotopic (exact) mass is 343 g/mol. The van der Waals surface area contributed by atoms with E-state index in [1.165, 1.54) is 38.5 Å². The molecule has 1 N–H and O–H groups in total. The molecule has 0 bridgehead atoms. The van der Waals surface area contributed by atoms with Crippen LogP contribution in [0.15, 0.2) is 12.3 Å². The van der Waals surface area contributed by atoms with Crippen LogP contribution in [0.2, 0.25) is 0 Å². The summed E-state index contributed by atoms with van der Waals surface area (Å²) in [6.07, 6.45) is 11.6. The number of rotatable bonds is 4. The molecule has 2 heterocycles. The van der Waals surface area contributed by atoms with Gasteiger partial charge in [0, 0.05) is 44.3 Å². The number of hydrogen-bond acceptors (Lipinski definition) is 5. The second-order valence-corrected chi connectivity index (χ2v) is 7.67. The molecule has 136 valence electrons. The predicted molar refractivity (Wildman–Crippen MR) is 98.7 cm³/mol. The van der Waals surface area contributed by atoms with Crippen LogP contribution in [0, 0.1) is 5.92 Å².